The molecule has 104 valence electrons. The van der Waals surface area contributed by atoms with Crippen LogP contribution < -0.4 is 10.6 Å². The first-order valence-corrected chi connectivity index (χ1v) is 6.87. The number of nitrogens with zero attached hydrogens (tertiary/aromatic N) is 1. The summed E-state index contributed by atoms with van der Waals surface area (Å²) in [5.74, 6) is 0.0787. The van der Waals surface area contributed by atoms with Gasteiger partial charge in [0.1, 0.15) is 11.6 Å². The molecule has 0 aliphatic heterocycles. The Morgan fingerprint density at radius 1 is 1.35 bits per heavy atom. The second-order valence-corrected chi connectivity index (χ2v) is 5.34. The summed E-state index contributed by atoms with van der Waals surface area (Å²) in [4.78, 5) is 12.0. The van der Waals surface area contributed by atoms with E-state index in [1.54, 1.807) is 0 Å². The van der Waals surface area contributed by atoms with E-state index in [9.17, 15) is 4.79 Å². The highest BCUT2D eigenvalue weighted by atomic mass is 16.1. The molecule has 4 nitrogen and oxygen atoms in total. The van der Waals surface area contributed by atoms with Gasteiger partial charge in [-0.05, 0) is 36.5 Å². The van der Waals surface area contributed by atoms with Gasteiger partial charge in [0, 0.05) is 17.9 Å². The Labute approximate surface area is 119 Å². The third-order valence-electron chi connectivity index (χ3n) is 3.24. The molecule has 1 aromatic rings. The van der Waals surface area contributed by atoms with E-state index >= 15 is 0 Å². The van der Waals surface area contributed by atoms with E-state index < -0.39 is 0 Å². The Morgan fingerprint density at radius 2 is 2.00 bits per heavy atom. The van der Waals surface area contributed by atoms with E-state index in [1.807, 2.05) is 30.3 Å². The third kappa shape index (κ3) is 3.86. The number of rotatable bonds is 5. The molecule has 1 amide bonds. The summed E-state index contributed by atoms with van der Waals surface area (Å²) in [5.41, 5.74) is 2.02. The lowest BCUT2D eigenvalue weighted by atomic mass is 10.0. The van der Waals surface area contributed by atoms with Crippen LogP contribution in [0.3, 0.4) is 0 Å². The lowest BCUT2D eigenvalue weighted by Gasteiger charge is -2.08. The quantitative estimate of drug-likeness (QED) is 0.638. The molecule has 0 spiro atoms. The molecule has 1 aliphatic carbocycles. The lowest BCUT2D eigenvalue weighted by Crippen LogP contribution is -2.17. The van der Waals surface area contributed by atoms with Crippen LogP contribution in [-0.2, 0) is 4.79 Å². The molecule has 1 aromatic carbocycles. The molecule has 0 bridgehead atoms. The molecule has 2 N–H and O–H groups in total. The fourth-order valence-electron chi connectivity index (χ4n) is 1.75. The average Bonchev–Trinajstić information content (AvgIpc) is 3.24. The molecule has 0 saturated heterocycles. The van der Waals surface area contributed by atoms with Gasteiger partial charge in [0.15, 0.2) is 0 Å². The van der Waals surface area contributed by atoms with Crippen LogP contribution in [0, 0.1) is 11.3 Å². The van der Waals surface area contributed by atoms with E-state index in [4.69, 9.17) is 5.26 Å². The Morgan fingerprint density at radius 3 is 2.50 bits per heavy atom. The number of nitriles is 1. The van der Waals surface area contributed by atoms with Crippen molar-refractivity contribution in [2.24, 2.45) is 0 Å². The highest BCUT2D eigenvalue weighted by Crippen LogP contribution is 2.19. The molecule has 1 aliphatic rings. The van der Waals surface area contributed by atoms with Crippen LogP contribution in [0.25, 0.3) is 0 Å². The minimum Gasteiger partial charge on any atom is -0.387 e. The molecular formula is C16H19N3O. The van der Waals surface area contributed by atoms with E-state index in [-0.39, 0.29) is 11.5 Å². The molecule has 0 atom stereocenters. The maximum Gasteiger partial charge on any atom is 0.267 e. The van der Waals surface area contributed by atoms with Crippen molar-refractivity contribution >= 4 is 11.6 Å². The molecule has 1 saturated carbocycles. The van der Waals surface area contributed by atoms with Gasteiger partial charge in [-0.25, -0.2) is 0 Å². The van der Waals surface area contributed by atoms with Crippen LogP contribution >= 0.6 is 0 Å². The molecular weight excluding hydrogens is 250 g/mol. The van der Waals surface area contributed by atoms with E-state index in [1.165, 1.54) is 11.8 Å². The molecule has 0 aromatic heterocycles. The molecule has 4 heteroatoms. The van der Waals surface area contributed by atoms with E-state index in [0.717, 1.165) is 12.8 Å². The first-order valence-electron chi connectivity index (χ1n) is 6.87. The fraction of sp³-hybridized carbons (Fsp3) is 0.375. The summed E-state index contributed by atoms with van der Waals surface area (Å²) >= 11 is 0. The third-order valence-corrected chi connectivity index (χ3v) is 3.24. The minimum absolute atomic E-state index is 0.102. The van der Waals surface area contributed by atoms with Crippen molar-refractivity contribution in [2.75, 3.05) is 5.32 Å². The molecule has 1 fully saturated rings. The Hall–Kier alpha value is -2.28. The van der Waals surface area contributed by atoms with Crippen LogP contribution in [0.15, 0.2) is 36.0 Å². The molecule has 0 radical (unpaired) electrons. The fourth-order valence-corrected chi connectivity index (χ4v) is 1.75. The van der Waals surface area contributed by atoms with Gasteiger partial charge in [-0.1, -0.05) is 26.0 Å². The molecule has 2 rings (SSSR count). The van der Waals surface area contributed by atoms with Crippen molar-refractivity contribution in [3.05, 3.63) is 41.6 Å². The predicted molar refractivity (Wildman–Crippen MR) is 79.0 cm³/mol. The van der Waals surface area contributed by atoms with Crippen molar-refractivity contribution in [1.29, 1.82) is 5.26 Å². The zero-order valence-corrected chi connectivity index (χ0v) is 11.8. The summed E-state index contributed by atoms with van der Waals surface area (Å²) in [6, 6.07) is 10.0. The van der Waals surface area contributed by atoms with Gasteiger partial charge in [-0.3, -0.25) is 4.79 Å². The molecule has 0 heterocycles. The van der Waals surface area contributed by atoms with Crippen LogP contribution in [0.5, 0.6) is 0 Å². The summed E-state index contributed by atoms with van der Waals surface area (Å²) < 4.78 is 0. The Balaban J connectivity index is 1.98. The monoisotopic (exact) mass is 269 g/mol. The Bertz CT molecular complexity index is 548. The largest absolute Gasteiger partial charge is 0.387 e. The van der Waals surface area contributed by atoms with E-state index in [0.29, 0.717) is 17.6 Å². The van der Waals surface area contributed by atoms with Crippen molar-refractivity contribution in [2.45, 2.75) is 38.6 Å². The van der Waals surface area contributed by atoms with Crippen LogP contribution in [-0.4, -0.2) is 11.9 Å². The number of amides is 1. The number of carbonyl (C=O) groups is 1. The predicted octanol–water partition coefficient (Wildman–Crippen LogP) is 2.91. The van der Waals surface area contributed by atoms with Crippen LogP contribution in [0.4, 0.5) is 5.69 Å². The topological polar surface area (TPSA) is 64.9 Å². The first-order chi connectivity index (χ1) is 9.60. The second-order valence-electron chi connectivity index (χ2n) is 5.34. The number of hydrogen-bond donors (Lipinski definition) is 2. The number of nitrogens with one attached hydrogen (secondary N) is 2. The van der Waals surface area contributed by atoms with Crippen LogP contribution in [0.1, 0.15) is 38.2 Å². The summed E-state index contributed by atoms with van der Waals surface area (Å²) in [5, 5.41) is 14.8. The van der Waals surface area contributed by atoms with Crippen molar-refractivity contribution in [3.63, 3.8) is 0 Å². The minimum atomic E-state index is -0.377. The van der Waals surface area contributed by atoms with Gasteiger partial charge >= 0.3 is 0 Å². The smallest absolute Gasteiger partial charge is 0.267 e. The number of carbonyl (C=O) groups excluding carboxylic acids is 1. The normalized spacial score (nSPS) is 14.8. The van der Waals surface area contributed by atoms with Crippen LogP contribution in [0.2, 0.25) is 0 Å². The van der Waals surface area contributed by atoms with Gasteiger partial charge in [0.2, 0.25) is 0 Å². The van der Waals surface area contributed by atoms with Gasteiger partial charge < -0.3 is 10.6 Å². The molecule has 20 heavy (non-hydrogen) atoms. The Kier molecular flexibility index (Phi) is 4.41. The lowest BCUT2D eigenvalue weighted by molar-refractivity contribution is -0.112. The summed E-state index contributed by atoms with van der Waals surface area (Å²) in [6.45, 7) is 4.24. The zero-order valence-electron chi connectivity index (χ0n) is 11.8. The maximum absolute atomic E-state index is 12.0. The summed E-state index contributed by atoms with van der Waals surface area (Å²) in [7, 11) is 0. The second kappa shape index (κ2) is 6.25. The van der Waals surface area contributed by atoms with Crippen molar-refractivity contribution in [3.8, 4) is 6.07 Å². The zero-order chi connectivity index (χ0) is 14.5. The summed E-state index contributed by atoms with van der Waals surface area (Å²) in [6.07, 6.45) is 3.72. The van der Waals surface area contributed by atoms with Gasteiger partial charge in [-0.2, -0.15) is 5.26 Å². The standard InChI is InChI=1S/C16H19N3O/c1-11(2)12-3-5-15(6-4-12)19-16(20)13(9-17)10-18-14-7-8-14/h3-6,10-11,14,18H,7-8H2,1-2H3,(H,19,20)/b13-10-. The van der Waals surface area contributed by atoms with Crippen molar-refractivity contribution < 1.29 is 4.79 Å². The van der Waals surface area contributed by atoms with Gasteiger partial charge in [0.25, 0.3) is 5.91 Å². The number of benzene rings is 1. The molecule has 0 unspecified atom stereocenters. The maximum atomic E-state index is 12.0. The van der Waals surface area contributed by atoms with Crippen molar-refractivity contribution in [1.82, 2.24) is 5.32 Å². The highest BCUT2D eigenvalue weighted by molar-refractivity contribution is 6.06. The highest BCUT2D eigenvalue weighted by Gasteiger charge is 2.20. The average molecular weight is 269 g/mol. The SMILES string of the molecule is CC(C)c1ccc(NC(=O)/C(C#N)=C\NC2CC2)cc1. The van der Waals surface area contributed by atoms with E-state index in [2.05, 4.69) is 24.5 Å². The van der Waals surface area contributed by atoms with Gasteiger partial charge in [0.05, 0.1) is 0 Å². The van der Waals surface area contributed by atoms with Gasteiger partial charge in [-0.15, -0.1) is 0 Å². The first kappa shape index (κ1) is 14.1. The number of hydrogen-bond acceptors (Lipinski definition) is 3. The number of anilines is 1.